The molecule has 2 nitrogen and oxygen atoms in total. The Morgan fingerprint density at radius 1 is 1.05 bits per heavy atom. The molecule has 19 heavy (non-hydrogen) atoms. The van der Waals surface area contributed by atoms with Gasteiger partial charge in [0.25, 0.3) is 0 Å². The highest BCUT2D eigenvalue weighted by Crippen LogP contribution is 2.28. The Morgan fingerprint density at radius 2 is 1.84 bits per heavy atom. The van der Waals surface area contributed by atoms with Gasteiger partial charge in [0.1, 0.15) is 0 Å². The van der Waals surface area contributed by atoms with Gasteiger partial charge in [0.2, 0.25) is 0 Å². The topological polar surface area (TPSA) is 29.3 Å². The number of benzene rings is 2. The predicted molar refractivity (Wildman–Crippen MR) is 79.8 cm³/mol. The van der Waals surface area contributed by atoms with Gasteiger partial charge in [-0.15, -0.1) is 0 Å². The van der Waals surface area contributed by atoms with Crippen molar-refractivity contribution in [2.75, 3.05) is 12.3 Å². The Balaban J connectivity index is 1.82. The Labute approximate surface area is 114 Å². The van der Waals surface area contributed by atoms with Gasteiger partial charge >= 0.3 is 0 Å². The van der Waals surface area contributed by atoms with Crippen LogP contribution in [0.15, 0.2) is 48.5 Å². The van der Waals surface area contributed by atoms with Crippen LogP contribution in [0.4, 0.5) is 5.69 Å². The molecule has 2 aromatic carbocycles. The maximum atomic E-state index is 5.90. The zero-order valence-corrected chi connectivity index (χ0v) is 11.3. The van der Waals surface area contributed by atoms with E-state index in [2.05, 4.69) is 54.3 Å². The standard InChI is InChI=1S/C17H20N2/c1-13(14-5-3-2-4-6-14)19-10-9-15-7-8-17(18)11-16(15)12-19/h2-8,11,13H,9-10,12,18H2,1H3. The zero-order chi connectivity index (χ0) is 13.2. The smallest absolute Gasteiger partial charge is 0.0323 e. The molecule has 3 rings (SSSR count). The largest absolute Gasteiger partial charge is 0.399 e. The van der Waals surface area contributed by atoms with Crippen molar-refractivity contribution in [3.8, 4) is 0 Å². The van der Waals surface area contributed by atoms with Gasteiger partial charge in [-0.3, -0.25) is 4.90 Å². The molecule has 0 fully saturated rings. The molecule has 2 aromatic rings. The van der Waals surface area contributed by atoms with Crippen molar-refractivity contribution in [2.45, 2.75) is 25.9 Å². The summed E-state index contributed by atoms with van der Waals surface area (Å²) in [6, 6.07) is 17.5. The first-order chi connectivity index (χ1) is 9.24. The average molecular weight is 252 g/mol. The molecule has 0 saturated carbocycles. The van der Waals surface area contributed by atoms with Crippen molar-refractivity contribution in [1.29, 1.82) is 0 Å². The SMILES string of the molecule is CC(c1ccccc1)N1CCc2ccc(N)cc2C1. The van der Waals surface area contributed by atoms with Gasteiger partial charge in [0, 0.05) is 24.8 Å². The molecule has 1 aliphatic rings. The van der Waals surface area contributed by atoms with Crippen LogP contribution in [0, 0.1) is 0 Å². The van der Waals surface area contributed by atoms with E-state index in [4.69, 9.17) is 5.73 Å². The van der Waals surface area contributed by atoms with Crippen molar-refractivity contribution in [3.05, 3.63) is 65.2 Å². The van der Waals surface area contributed by atoms with Gasteiger partial charge in [-0.25, -0.2) is 0 Å². The monoisotopic (exact) mass is 252 g/mol. The van der Waals surface area contributed by atoms with Crippen LogP contribution in [0.1, 0.15) is 29.7 Å². The van der Waals surface area contributed by atoms with Crippen molar-refractivity contribution < 1.29 is 0 Å². The van der Waals surface area contributed by atoms with E-state index in [1.807, 2.05) is 6.07 Å². The van der Waals surface area contributed by atoms with E-state index in [9.17, 15) is 0 Å². The van der Waals surface area contributed by atoms with Crippen molar-refractivity contribution in [2.24, 2.45) is 0 Å². The number of nitrogens with zero attached hydrogens (tertiary/aromatic N) is 1. The van der Waals surface area contributed by atoms with E-state index in [0.717, 1.165) is 25.2 Å². The maximum Gasteiger partial charge on any atom is 0.0323 e. The number of fused-ring (bicyclic) bond motifs is 1. The van der Waals surface area contributed by atoms with Gasteiger partial charge in [-0.05, 0) is 42.2 Å². The number of nitrogen functional groups attached to an aromatic ring is 1. The van der Waals surface area contributed by atoms with E-state index in [1.54, 1.807) is 0 Å². The summed E-state index contributed by atoms with van der Waals surface area (Å²) in [6.07, 6.45) is 1.12. The van der Waals surface area contributed by atoms with Crippen molar-refractivity contribution >= 4 is 5.69 Å². The van der Waals surface area contributed by atoms with Crippen LogP contribution >= 0.6 is 0 Å². The maximum absolute atomic E-state index is 5.90. The molecule has 0 aromatic heterocycles. The molecular formula is C17H20N2. The fourth-order valence-corrected chi connectivity index (χ4v) is 2.87. The van der Waals surface area contributed by atoms with E-state index in [0.29, 0.717) is 6.04 Å². The molecular weight excluding hydrogens is 232 g/mol. The highest BCUT2D eigenvalue weighted by Gasteiger charge is 2.21. The summed E-state index contributed by atoms with van der Waals surface area (Å²) in [5.74, 6) is 0. The summed E-state index contributed by atoms with van der Waals surface area (Å²) in [5.41, 5.74) is 11.0. The Kier molecular flexibility index (Phi) is 3.26. The number of anilines is 1. The summed E-state index contributed by atoms with van der Waals surface area (Å²) >= 11 is 0. The lowest BCUT2D eigenvalue weighted by Crippen LogP contribution is -2.32. The Morgan fingerprint density at radius 3 is 2.63 bits per heavy atom. The second-order valence-corrected chi connectivity index (χ2v) is 5.34. The first kappa shape index (κ1) is 12.2. The fourth-order valence-electron chi connectivity index (χ4n) is 2.87. The molecule has 1 unspecified atom stereocenters. The second kappa shape index (κ2) is 5.06. The van der Waals surface area contributed by atoms with Crippen LogP contribution < -0.4 is 5.73 Å². The van der Waals surface area contributed by atoms with E-state index < -0.39 is 0 Å². The van der Waals surface area contributed by atoms with E-state index in [1.165, 1.54) is 16.7 Å². The number of hydrogen-bond acceptors (Lipinski definition) is 2. The number of rotatable bonds is 2. The summed E-state index contributed by atoms with van der Waals surface area (Å²) in [5, 5.41) is 0. The second-order valence-electron chi connectivity index (χ2n) is 5.34. The van der Waals surface area contributed by atoms with Gasteiger partial charge in [-0.2, -0.15) is 0 Å². The van der Waals surface area contributed by atoms with Gasteiger partial charge < -0.3 is 5.73 Å². The highest BCUT2D eigenvalue weighted by molar-refractivity contribution is 5.45. The third-order valence-electron chi connectivity index (χ3n) is 4.10. The molecule has 2 heteroatoms. The number of nitrogens with two attached hydrogens (primary N) is 1. The molecule has 0 bridgehead atoms. The van der Waals surface area contributed by atoms with Crippen LogP contribution in [0.5, 0.6) is 0 Å². The minimum Gasteiger partial charge on any atom is -0.399 e. The predicted octanol–water partition coefficient (Wildman–Crippen LogP) is 3.39. The third-order valence-corrected chi connectivity index (χ3v) is 4.10. The Hall–Kier alpha value is -1.80. The molecule has 98 valence electrons. The van der Waals surface area contributed by atoms with Gasteiger partial charge in [0.15, 0.2) is 0 Å². The van der Waals surface area contributed by atoms with Crippen molar-refractivity contribution in [3.63, 3.8) is 0 Å². The van der Waals surface area contributed by atoms with Crippen LogP contribution in [0.2, 0.25) is 0 Å². The van der Waals surface area contributed by atoms with Crippen LogP contribution in [0.3, 0.4) is 0 Å². The normalized spacial score (nSPS) is 16.9. The van der Waals surface area contributed by atoms with Crippen molar-refractivity contribution in [1.82, 2.24) is 4.90 Å². The van der Waals surface area contributed by atoms with E-state index >= 15 is 0 Å². The Bertz CT molecular complexity index is 563. The molecule has 1 heterocycles. The molecule has 1 aliphatic heterocycles. The fraction of sp³-hybridized carbons (Fsp3) is 0.294. The highest BCUT2D eigenvalue weighted by atomic mass is 15.2. The lowest BCUT2D eigenvalue weighted by Gasteiger charge is -2.34. The van der Waals surface area contributed by atoms with Crippen LogP contribution in [-0.4, -0.2) is 11.4 Å². The summed E-state index contributed by atoms with van der Waals surface area (Å²) < 4.78 is 0. The lowest BCUT2D eigenvalue weighted by atomic mass is 9.96. The van der Waals surface area contributed by atoms with Crippen LogP contribution in [-0.2, 0) is 13.0 Å². The van der Waals surface area contributed by atoms with E-state index in [-0.39, 0.29) is 0 Å². The molecule has 0 radical (unpaired) electrons. The first-order valence-electron chi connectivity index (χ1n) is 6.90. The molecule has 0 spiro atoms. The average Bonchev–Trinajstić information content (AvgIpc) is 2.46. The zero-order valence-electron chi connectivity index (χ0n) is 11.3. The molecule has 2 N–H and O–H groups in total. The molecule has 1 atom stereocenters. The summed E-state index contributed by atoms with van der Waals surface area (Å²) in [6.45, 7) is 4.40. The summed E-state index contributed by atoms with van der Waals surface area (Å²) in [7, 11) is 0. The quantitative estimate of drug-likeness (QED) is 0.830. The lowest BCUT2D eigenvalue weighted by molar-refractivity contribution is 0.192. The van der Waals surface area contributed by atoms with Gasteiger partial charge in [-0.1, -0.05) is 36.4 Å². The summed E-state index contributed by atoms with van der Waals surface area (Å²) in [4.78, 5) is 2.52. The molecule has 0 aliphatic carbocycles. The first-order valence-corrected chi connectivity index (χ1v) is 6.90. The van der Waals surface area contributed by atoms with Gasteiger partial charge in [0.05, 0.1) is 0 Å². The number of hydrogen-bond donors (Lipinski definition) is 1. The minimum atomic E-state index is 0.454. The molecule has 0 saturated heterocycles. The molecule has 0 amide bonds. The third kappa shape index (κ3) is 2.49. The van der Waals surface area contributed by atoms with Crippen LogP contribution in [0.25, 0.3) is 0 Å². The minimum absolute atomic E-state index is 0.454.